The van der Waals surface area contributed by atoms with Gasteiger partial charge in [0.25, 0.3) is 5.91 Å². The van der Waals surface area contributed by atoms with Crippen molar-refractivity contribution in [2.24, 2.45) is 5.92 Å². The monoisotopic (exact) mass is 639 g/mol. The lowest BCUT2D eigenvalue weighted by molar-refractivity contribution is -0.133. The number of anilines is 1. The molecule has 10 heteroatoms. The number of amides is 2. The number of aldehydes is 1. The van der Waals surface area contributed by atoms with E-state index < -0.39 is 5.82 Å². The van der Waals surface area contributed by atoms with Crippen molar-refractivity contribution in [1.29, 1.82) is 0 Å². The van der Waals surface area contributed by atoms with E-state index >= 15 is 4.39 Å². The summed E-state index contributed by atoms with van der Waals surface area (Å²) in [4.78, 5) is 42.3. The van der Waals surface area contributed by atoms with Gasteiger partial charge < -0.3 is 19.7 Å². The van der Waals surface area contributed by atoms with Crippen LogP contribution in [0.5, 0.6) is 0 Å². The predicted molar refractivity (Wildman–Crippen MR) is 172 cm³/mol. The van der Waals surface area contributed by atoms with Crippen LogP contribution in [0.1, 0.15) is 67.3 Å². The quantitative estimate of drug-likeness (QED) is 0.263. The molecule has 3 fully saturated rings. The number of fused-ring (bicyclic) bond motifs is 1. The van der Waals surface area contributed by atoms with E-state index in [-0.39, 0.29) is 58.6 Å². The van der Waals surface area contributed by atoms with Crippen LogP contribution in [-0.2, 0) is 20.7 Å². The Hall–Kier alpha value is -2.85. The molecular weight excluding hydrogens is 601 g/mol. The van der Waals surface area contributed by atoms with Gasteiger partial charge in [-0.2, -0.15) is 0 Å². The Morgan fingerprint density at radius 1 is 1.09 bits per heavy atom. The minimum absolute atomic E-state index is 0.0873. The molecule has 2 saturated heterocycles. The second-order valence-electron chi connectivity index (χ2n) is 12.4. The van der Waals surface area contributed by atoms with Crippen LogP contribution >= 0.6 is 22.9 Å². The number of hydrogen-bond acceptors (Lipinski definition) is 6. The van der Waals surface area contributed by atoms with E-state index in [1.165, 1.54) is 42.7 Å². The number of carbonyl (C=O) groups excluding carboxylic acids is 3. The number of piperidine rings is 1. The number of nitrogens with zero attached hydrogens (tertiary/aromatic N) is 2. The Balaban J connectivity index is 1.13. The number of likely N-dealkylation sites (tertiary alicyclic amines) is 2. The van der Waals surface area contributed by atoms with Gasteiger partial charge in [-0.05, 0) is 81.8 Å². The summed E-state index contributed by atoms with van der Waals surface area (Å²) in [6.45, 7) is 3.12. The normalized spacial score (nSPS) is 24.5. The van der Waals surface area contributed by atoms with Gasteiger partial charge in [0.2, 0.25) is 5.91 Å². The molecule has 1 aromatic heterocycles. The number of nitrogens with one attached hydrogen (secondary N) is 1. The van der Waals surface area contributed by atoms with E-state index in [2.05, 4.69) is 10.2 Å². The first-order chi connectivity index (χ1) is 21.4. The van der Waals surface area contributed by atoms with Gasteiger partial charge in [0, 0.05) is 34.0 Å². The van der Waals surface area contributed by atoms with E-state index in [0.717, 1.165) is 61.6 Å². The molecule has 0 unspecified atom stereocenters. The molecule has 234 valence electrons. The molecule has 3 aromatic rings. The maximum atomic E-state index is 15.4. The molecule has 1 N–H and O–H groups in total. The van der Waals surface area contributed by atoms with Gasteiger partial charge >= 0.3 is 0 Å². The summed E-state index contributed by atoms with van der Waals surface area (Å²) < 4.78 is 22.7. The van der Waals surface area contributed by atoms with E-state index in [9.17, 15) is 14.4 Å². The van der Waals surface area contributed by atoms with E-state index in [4.69, 9.17) is 16.3 Å². The topological polar surface area (TPSA) is 79.0 Å². The Morgan fingerprint density at radius 2 is 1.86 bits per heavy atom. The highest BCUT2D eigenvalue weighted by Gasteiger charge is 2.39. The molecule has 1 aliphatic carbocycles. The second-order valence-corrected chi connectivity index (χ2v) is 13.7. The van der Waals surface area contributed by atoms with Crippen LogP contribution in [0.15, 0.2) is 41.8 Å². The maximum Gasteiger partial charge on any atom is 0.257 e. The van der Waals surface area contributed by atoms with Crippen LogP contribution in [0.4, 0.5) is 10.1 Å². The minimum Gasteiger partial charge on any atom is -0.376 e. The smallest absolute Gasteiger partial charge is 0.257 e. The third-order valence-electron chi connectivity index (χ3n) is 9.51. The molecule has 0 bridgehead atoms. The SMILES string of the molecule is O=C[C@H]1CC[C@H](OC[C@@H]2C[C@H](N3CCCCC3)CN2C(=O)Cc2cc(Cl)c(NC(=O)c3csc4ccccc34)cc2F)CC1. The Bertz CT molecular complexity index is 1500. The predicted octanol–water partition coefficient (Wildman–Crippen LogP) is 6.72. The summed E-state index contributed by atoms with van der Waals surface area (Å²) >= 11 is 7.99. The van der Waals surface area contributed by atoms with Crippen LogP contribution < -0.4 is 5.32 Å². The Labute approximate surface area is 266 Å². The molecule has 6 rings (SSSR count). The third kappa shape index (κ3) is 7.01. The average molecular weight is 640 g/mol. The molecule has 2 atom stereocenters. The van der Waals surface area contributed by atoms with Crippen molar-refractivity contribution in [3.8, 4) is 0 Å². The van der Waals surface area contributed by atoms with Crippen LogP contribution in [-0.4, -0.2) is 72.3 Å². The van der Waals surface area contributed by atoms with Gasteiger partial charge in [0.15, 0.2) is 0 Å². The number of rotatable bonds is 9. The average Bonchev–Trinajstić information content (AvgIpc) is 3.68. The van der Waals surface area contributed by atoms with Crippen molar-refractivity contribution in [2.45, 2.75) is 76.0 Å². The molecule has 0 radical (unpaired) electrons. The van der Waals surface area contributed by atoms with E-state index in [1.807, 2.05) is 29.2 Å². The summed E-state index contributed by atoms with van der Waals surface area (Å²) in [5.41, 5.74) is 0.874. The first-order valence-electron chi connectivity index (χ1n) is 15.8. The van der Waals surface area contributed by atoms with Crippen molar-refractivity contribution < 1.29 is 23.5 Å². The van der Waals surface area contributed by atoms with Crippen LogP contribution in [0.2, 0.25) is 5.02 Å². The first kappa shape index (κ1) is 31.1. The highest BCUT2D eigenvalue weighted by atomic mass is 35.5. The fraction of sp³-hybridized carbons (Fsp3) is 0.500. The lowest BCUT2D eigenvalue weighted by Crippen LogP contribution is -2.43. The van der Waals surface area contributed by atoms with Gasteiger partial charge in [-0.1, -0.05) is 36.2 Å². The zero-order valence-corrected chi connectivity index (χ0v) is 26.4. The molecule has 2 aliphatic heterocycles. The van der Waals surface area contributed by atoms with Crippen LogP contribution in [0, 0.1) is 11.7 Å². The number of benzene rings is 2. The van der Waals surface area contributed by atoms with Crippen molar-refractivity contribution in [3.63, 3.8) is 0 Å². The molecular formula is C34H39ClFN3O4S. The van der Waals surface area contributed by atoms with Crippen molar-refractivity contribution >= 4 is 56.8 Å². The molecule has 7 nitrogen and oxygen atoms in total. The van der Waals surface area contributed by atoms with Gasteiger partial charge in [-0.15, -0.1) is 11.3 Å². The summed E-state index contributed by atoms with van der Waals surface area (Å²) in [7, 11) is 0. The largest absolute Gasteiger partial charge is 0.376 e. The highest BCUT2D eigenvalue weighted by molar-refractivity contribution is 7.17. The molecule has 2 aromatic carbocycles. The molecule has 0 spiro atoms. The number of thiophene rings is 1. The molecule has 2 amide bonds. The number of hydrogen-bond donors (Lipinski definition) is 1. The molecule has 44 heavy (non-hydrogen) atoms. The fourth-order valence-electron chi connectivity index (χ4n) is 6.97. The van der Waals surface area contributed by atoms with Crippen LogP contribution in [0.3, 0.4) is 0 Å². The maximum absolute atomic E-state index is 15.4. The van der Waals surface area contributed by atoms with E-state index in [1.54, 1.807) is 5.38 Å². The summed E-state index contributed by atoms with van der Waals surface area (Å²) in [6.07, 6.45) is 8.84. The van der Waals surface area contributed by atoms with Gasteiger partial charge in [0.05, 0.1) is 41.4 Å². The summed E-state index contributed by atoms with van der Waals surface area (Å²) in [6, 6.07) is 10.4. The Kier molecular flexibility index (Phi) is 9.95. The zero-order valence-electron chi connectivity index (χ0n) is 24.8. The number of carbonyl (C=O) groups is 3. The molecule has 3 heterocycles. The van der Waals surface area contributed by atoms with Gasteiger partial charge in [0.1, 0.15) is 12.1 Å². The lowest BCUT2D eigenvalue weighted by Gasteiger charge is -2.32. The second kappa shape index (κ2) is 14.1. The fourth-order valence-corrected chi connectivity index (χ4v) is 8.14. The summed E-state index contributed by atoms with van der Waals surface area (Å²) in [5.74, 6) is -0.977. The first-order valence-corrected chi connectivity index (χ1v) is 17.0. The highest BCUT2D eigenvalue weighted by Crippen LogP contribution is 2.32. The lowest BCUT2D eigenvalue weighted by atomic mass is 9.88. The van der Waals surface area contributed by atoms with Crippen LogP contribution in [0.25, 0.3) is 10.1 Å². The van der Waals surface area contributed by atoms with Crippen molar-refractivity contribution in [2.75, 3.05) is 31.6 Å². The van der Waals surface area contributed by atoms with Gasteiger partial charge in [-0.25, -0.2) is 4.39 Å². The number of halogens is 2. The van der Waals surface area contributed by atoms with Gasteiger partial charge in [-0.3, -0.25) is 14.5 Å². The van der Waals surface area contributed by atoms with E-state index in [0.29, 0.717) is 18.7 Å². The Morgan fingerprint density at radius 3 is 2.64 bits per heavy atom. The third-order valence-corrected chi connectivity index (χ3v) is 10.8. The minimum atomic E-state index is -0.584. The molecule has 1 saturated carbocycles. The van der Waals surface area contributed by atoms with Crippen molar-refractivity contribution in [1.82, 2.24) is 9.80 Å². The standard InChI is InChI=1S/C34H39ClFN3O4S/c35-29-14-23(30(36)17-31(29)37-34(42)28-21-44-32-7-3-2-6-27(28)32)15-33(41)39-18-24(38-12-4-1-5-13-38)16-25(39)20-43-26-10-8-22(19-40)9-11-26/h2-3,6-7,14,17,19,21-22,24-26H,1,4-5,8-13,15-16,18,20H2,(H,37,42)/t22-,24-,25-,26-/m0/s1. The molecule has 3 aliphatic rings. The zero-order chi connectivity index (χ0) is 30.6. The number of ether oxygens (including phenoxy) is 1. The van der Waals surface area contributed by atoms with Crippen molar-refractivity contribution in [3.05, 3.63) is 63.7 Å². The summed E-state index contributed by atoms with van der Waals surface area (Å²) in [5, 5.41) is 5.53.